The fraction of sp³-hybridized carbons (Fsp3) is 0.462. The predicted octanol–water partition coefficient (Wildman–Crippen LogP) is 4.46. The van der Waals surface area contributed by atoms with Gasteiger partial charge in [0.05, 0.1) is 0 Å². The zero-order chi connectivity index (χ0) is 26.3. The number of allylic oxidation sites excluding steroid dienone is 2. The first kappa shape index (κ1) is 25.8. The molecule has 5 rings (SSSR count). The molecule has 0 radical (unpaired) electrons. The maximum absolute atomic E-state index is 13.8. The number of oxazole rings is 1. The van der Waals surface area contributed by atoms with Crippen LogP contribution in [0.3, 0.4) is 0 Å². The molecule has 0 atom stereocenters. The Morgan fingerprint density at radius 3 is 2.65 bits per heavy atom. The van der Waals surface area contributed by atoms with E-state index in [9.17, 15) is 9.59 Å². The third-order valence-electron chi connectivity index (χ3n) is 7.01. The number of fused-ring (bicyclic) bond motifs is 2. The fourth-order valence-corrected chi connectivity index (χ4v) is 6.44. The summed E-state index contributed by atoms with van der Waals surface area (Å²) < 4.78 is 10.2. The van der Waals surface area contributed by atoms with Gasteiger partial charge in [0.2, 0.25) is 5.89 Å². The Morgan fingerprint density at radius 2 is 1.95 bits per heavy atom. The highest BCUT2D eigenvalue weighted by Gasteiger charge is 2.34. The summed E-state index contributed by atoms with van der Waals surface area (Å²) in [6.07, 6.45) is 7.52. The van der Waals surface area contributed by atoms with E-state index in [1.807, 2.05) is 18.4 Å². The molecule has 0 spiro atoms. The summed E-state index contributed by atoms with van der Waals surface area (Å²) >= 11 is 7.72. The smallest absolute Gasteiger partial charge is 0.332 e. The van der Waals surface area contributed by atoms with E-state index in [0.29, 0.717) is 45.5 Å². The first-order valence-corrected chi connectivity index (χ1v) is 13.7. The van der Waals surface area contributed by atoms with Gasteiger partial charge < -0.3 is 14.7 Å². The van der Waals surface area contributed by atoms with Crippen LogP contribution in [-0.4, -0.2) is 35.0 Å². The number of aromatic nitrogens is 5. The lowest BCUT2D eigenvalue weighted by molar-refractivity contribution is 0.402. The standard InChI is InChI=1S/C26H31ClN6O3S/c1-16(2)9-12-32-21-22(30-24(32)37-26(15-28)10-5-4-6-11-26)31(3)25(35)33(23(21)34)14-20-29-18-13-17(27)7-8-19(18)36-20/h7-9,13H,4-6,10-12,14-15,28H2,1-3H3. The Labute approximate surface area is 223 Å². The number of hydrogen-bond acceptors (Lipinski definition) is 7. The van der Waals surface area contributed by atoms with Crippen molar-refractivity contribution >= 4 is 45.6 Å². The van der Waals surface area contributed by atoms with Crippen LogP contribution in [0.25, 0.3) is 22.3 Å². The van der Waals surface area contributed by atoms with E-state index in [0.717, 1.165) is 35.8 Å². The van der Waals surface area contributed by atoms with Gasteiger partial charge in [-0.1, -0.05) is 54.3 Å². The van der Waals surface area contributed by atoms with E-state index in [-0.39, 0.29) is 17.2 Å². The van der Waals surface area contributed by atoms with Crippen molar-refractivity contribution in [1.82, 2.24) is 23.7 Å². The topological polar surface area (TPSA) is 114 Å². The molecule has 1 aliphatic rings. The molecule has 196 valence electrons. The Kier molecular flexibility index (Phi) is 7.08. The van der Waals surface area contributed by atoms with Crippen LogP contribution in [0.15, 0.2) is 49.0 Å². The van der Waals surface area contributed by atoms with Gasteiger partial charge in [0.1, 0.15) is 12.1 Å². The zero-order valence-electron chi connectivity index (χ0n) is 21.3. The summed E-state index contributed by atoms with van der Waals surface area (Å²) in [6, 6.07) is 5.11. The largest absolute Gasteiger partial charge is 0.439 e. The molecule has 4 aromatic rings. The fourth-order valence-electron chi connectivity index (χ4n) is 4.90. The first-order valence-electron chi connectivity index (χ1n) is 12.5. The van der Waals surface area contributed by atoms with Gasteiger partial charge >= 0.3 is 5.69 Å². The van der Waals surface area contributed by atoms with Crippen molar-refractivity contribution in [3.63, 3.8) is 0 Å². The van der Waals surface area contributed by atoms with Crippen molar-refractivity contribution in [2.24, 2.45) is 12.8 Å². The van der Waals surface area contributed by atoms with Crippen molar-refractivity contribution in [3.8, 4) is 0 Å². The summed E-state index contributed by atoms with van der Waals surface area (Å²) in [5.41, 5.74) is 8.34. The highest BCUT2D eigenvalue weighted by atomic mass is 35.5. The molecule has 3 aromatic heterocycles. The lowest BCUT2D eigenvalue weighted by Gasteiger charge is -2.35. The molecule has 1 saturated carbocycles. The average Bonchev–Trinajstić information content (AvgIpc) is 3.44. The highest BCUT2D eigenvalue weighted by Crippen LogP contribution is 2.43. The van der Waals surface area contributed by atoms with E-state index in [1.54, 1.807) is 37.0 Å². The average molecular weight is 543 g/mol. The summed E-state index contributed by atoms with van der Waals surface area (Å²) in [6.45, 7) is 4.94. The SMILES string of the molecule is CC(C)=CCn1c(SC2(CN)CCCCC2)nc2c1c(=O)n(Cc1nc3cc(Cl)ccc3o1)c(=O)n2C. The second-order valence-corrected chi connectivity index (χ2v) is 11.8. The third kappa shape index (κ3) is 4.89. The normalized spacial score (nSPS) is 15.5. The van der Waals surface area contributed by atoms with Crippen LogP contribution in [0.5, 0.6) is 0 Å². The van der Waals surface area contributed by atoms with Crippen molar-refractivity contribution in [1.29, 1.82) is 0 Å². The quantitative estimate of drug-likeness (QED) is 0.343. The van der Waals surface area contributed by atoms with Crippen molar-refractivity contribution in [2.75, 3.05) is 6.54 Å². The van der Waals surface area contributed by atoms with Crippen molar-refractivity contribution in [3.05, 3.63) is 61.6 Å². The maximum Gasteiger partial charge on any atom is 0.332 e. The molecule has 1 aliphatic carbocycles. The van der Waals surface area contributed by atoms with E-state index in [2.05, 4.69) is 11.1 Å². The molecule has 2 N–H and O–H groups in total. The maximum atomic E-state index is 13.8. The second-order valence-electron chi connectivity index (χ2n) is 9.96. The molecule has 0 unspecified atom stereocenters. The van der Waals surface area contributed by atoms with Crippen LogP contribution in [0.4, 0.5) is 0 Å². The summed E-state index contributed by atoms with van der Waals surface area (Å²) in [5.74, 6) is 0.255. The first-order chi connectivity index (χ1) is 17.7. The Morgan fingerprint density at radius 1 is 1.19 bits per heavy atom. The van der Waals surface area contributed by atoms with Crippen LogP contribution in [0.1, 0.15) is 51.8 Å². The summed E-state index contributed by atoms with van der Waals surface area (Å²) in [7, 11) is 1.64. The second kappa shape index (κ2) is 10.2. The van der Waals surface area contributed by atoms with E-state index in [1.165, 1.54) is 11.0 Å². The molecule has 0 aliphatic heterocycles. The number of nitrogens with zero attached hydrogens (tertiary/aromatic N) is 5. The third-order valence-corrected chi connectivity index (χ3v) is 8.75. The molecule has 0 bridgehead atoms. The van der Waals surface area contributed by atoms with E-state index in [4.69, 9.17) is 26.7 Å². The number of imidazole rings is 1. The Balaban J connectivity index is 1.65. The Bertz CT molecular complexity index is 1620. The predicted molar refractivity (Wildman–Crippen MR) is 148 cm³/mol. The summed E-state index contributed by atoms with van der Waals surface area (Å²) in [5, 5.41) is 1.24. The minimum atomic E-state index is -0.479. The molecule has 9 nitrogen and oxygen atoms in total. The molecule has 1 aromatic carbocycles. The van der Waals surface area contributed by atoms with Gasteiger partial charge in [-0.05, 0) is 44.9 Å². The number of rotatable bonds is 7. The van der Waals surface area contributed by atoms with Crippen LogP contribution >= 0.6 is 23.4 Å². The summed E-state index contributed by atoms with van der Waals surface area (Å²) in [4.78, 5) is 36.4. The molecule has 0 amide bonds. The van der Waals surface area contributed by atoms with Crippen LogP contribution in [0.2, 0.25) is 5.02 Å². The zero-order valence-corrected chi connectivity index (χ0v) is 22.9. The Hall–Kier alpha value is -2.82. The molecular formula is C26H31ClN6O3S. The van der Waals surface area contributed by atoms with Crippen molar-refractivity contribution < 1.29 is 4.42 Å². The van der Waals surface area contributed by atoms with Crippen LogP contribution in [0, 0.1) is 0 Å². The minimum absolute atomic E-state index is 0.100. The van der Waals surface area contributed by atoms with E-state index < -0.39 is 11.2 Å². The number of nitrogens with two attached hydrogens (primary N) is 1. The van der Waals surface area contributed by atoms with E-state index >= 15 is 0 Å². The molecule has 3 heterocycles. The lowest BCUT2D eigenvalue weighted by Crippen LogP contribution is -2.40. The van der Waals surface area contributed by atoms with Gasteiger partial charge in [-0.15, -0.1) is 0 Å². The molecule has 0 saturated heterocycles. The number of aryl methyl sites for hydroxylation is 1. The van der Waals surface area contributed by atoms with Gasteiger partial charge in [0.25, 0.3) is 5.56 Å². The monoisotopic (exact) mass is 542 g/mol. The van der Waals surface area contributed by atoms with Crippen LogP contribution < -0.4 is 17.0 Å². The molecule has 11 heteroatoms. The molecular weight excluding hydrogens is 512 g/mol. The van der Waals surface area contributed by atoms with Crippen LogP contribution in [-0.2, 0) is 20.1 Å². The van der Waals surface area contributed by atoms with Gasteiger partial charge in [0.15, 0.2) is 21.9 Å². The highest BCUT2D eigenvalue weighted by molar-refractivity contribution is 8.00. The van der Waals surface area contributed by atoms with Gasteiger partial charge in [-0.2, -0.15) is 0 Å². The lowest BCUT2D eigenvalue weighted by atomic mass is 9.88. The minimum Gasteiger partial charge on any atom is -0.439 e. The number of halogens is 1. The molecule has 37 heavy (non-hydrogen) atoms. The number of thioether (sulfide) groups is 1. The van der Waals surface area contributed by atoms with Gasteiger partial charge in [0, 0.05) is 29.9 Å². The molecule has 1 fully saturated rings. The van der Waals surface area contributed by atoms with Gasteiger partial charge in [-0.25, -0.2) is 19.3 Å². The number of benzene rings is 1. The van der Waals surface area contributed by atoms with Gasteiger partial charge in [-0.3, -0.25) is 9.36 Å². The number of hydrogen-bond donors (Lipinski definition) is 1. The van der Waals surface area contributed by atoms with Crippen molar-refractivity contribution in [2.45, 2.75) is 68.9 Å².